The minimum absolute atomic E-state index is 0.0410. The van der Waals surface area contributed by atoms with Crippen LogP contribution >= 0.6 is 0 Å². The van der Waals surface area contributed by atoms with Gasteiger partial charge in [-0.3, -0.25) is 9.55 Å². The first-order valence-electron chi connectivity index (χ1n) is 23.9. The summed E-state index contributed by atoms with van der Waals surface area (Å²) < 4.78 is 196. The summed E-state index contributed by atoms with van der Waals surface area (Å²) in [6.07, 6.45) is 2.57. The fourth-order valence-corrected chi connectivity index (χ4v) is 5.16. The quantitative estimate of drug-likeness (QED) is 0.207. The largest absolute Gasteiger partial charge is 0.308 e. The van der Waals surface area contributed by atoms with Gasteiger partial charge in [0, 0.05) is 45.1 Å². The third kappa shape index (κ3) is 3.69. The van der Waals surface area contributed by atoms with Crippen LogP contribution in [0.3, 0.4) is 0 Å². The van der Waals surface area contributed by atoms with Crippen LogP contribution in [-0.4, -0.2) is 24.1 Å². The maximum atomic E-state index is 9.71. The number of benzene rings is 5. The number of hydrogen-bond donors (Lipinski definition) is 0. The van der Waals surface area contributed by atoms with Crippen LogP contribution in [0.4, 0.5) is 0 Å². The predicted octanol–water partition coefficient (Wildman–Crippen LogP) is 9.40. The molecule has 5 nitrogen and oxygen atoms in total. The Bertz CT molecular complexity index is 3640. The van der Waals surface area contributed by atoms with Crippen molar-refractivity contribution in [2.45, 2.75) is 0 Å². The van der Waals surface area contributed by atoms with E-state index in [0.717, 1.165) is 9.13 Å². The maximum absolute atomic E-state index is 9.71. The van der Waals surface area contributed by atoms with Crippen molar-refractivity contribution in [3.8, 4) is 34.2 Å². The summed E-state index contributed by atoms with van der Waals surface area (Å²) in [6, 6.07) is -16.4. The van der Waals surface area contributed by atoms with Crippen LogP contribution < -0.4 is 0 Å². The van der Waals surface area contributed by atoms with Crippen molar-refractivity contribution in [1.29, 1.82) is 0 Å². The van der Waals surface area contributed by atoms with Crippen molar-refractivity contribution < 1.29 is 30.2 Å². The summed E-state index contributed by atoms with van der Waals surface area (Å²) in [7, 11) is 0. The van der Waals surface area contributed by atoms with E-state index in [4.69, 9.17) is 26.0 Å². The Hall–Kier alpha value is -6.07. The average Bonchev–Trinajstić information content (AvgIpc) is 3.84. The van der Waals surface area contributed by atoms with E-state index in [0.29, 0.717) is 0 Å². The molecule has 9 aromatic rings. The molecule has 0 aliphatic heterocycles. The molecule has 44 heavy (non-hydrogen) atoms. The van der Waals surface area contributed by atoms with Gasteiger partial charge in [0.1, 0.15) is 0 Å². The van der Waals surface area contributed by atoms with E-state index in [1.807, 2.05) is 0 Å². The monoisotopic (exact) mass is 585 g/mol. The molecule has 0 amide bonds. The highest BCUT2D eigenvalue weighted by molar-refractivity contribution is 6.10. The van der Waals surface area contributed by atoms with Crippen molar-refractivity contribution in [3.05, 3.63) is 151 Å². The summed E-state index contributed by atoms with van der Waals surface area (Å²) in [6.45, 7) is 0. The van der Waals surface area contributed by atoms with Gasteiger partial charge in [-0.1, -0.05) is 103 Å². The van der Waals surface area contributed by atoms with Crippen molar-refractivity contribution in [3.63, 3.8) is 0 Å². The average molecular weight is 586 g/mol. The predicted molar refractivity (Wildman–Crippen MR) is 179 cm³/mol. The van der Waals surface area contributed by atoms with Crippen LogP contribution in [0.15, 0.2) is 151 Å². The van der Waals surface area contributed by atoms with Crippen LogP contribution in [0.5, 0.6) is 0 Å². The fourth-order valence-electron chi connectivity index (χ4n) is 5.16. The van der Waals surface area contributed by atoms with E-state index < -0.39 is 189 Å². The molecule has 0 aliphatic rings. The van der Waals surface area contributed by atoms with Gasteiger partial charge in [0.25, 0.3) is 0 Å². The molecule has 0 aliphatic carbocycles. The number of aromatic nitrogens is 5. The molecule has 9 rings (SSSR count). The number of nitrogens with zero attached hydrogens (tertiary/aromatic N) is 5. The van der Waals surface area contributed by atoms with Gasteiger partial charge < -0.3 is 4.57 Å². The fraction of sp³-hybridized carbons (Fsp3) is 0. The van der Waals surface area contributed by atoms with Crippen molar-refractivity contribution >= 4 is 43.6 Å². The lowest BCUT2D eigenvalue weighted by Gasteiger charge is -2.16. The molecule has 0 atom stereocenters. The van der Waals surface area contributed by atoms with Gasteiger partial charge in [-0.15, -0.1) is 0 Å². The van der Waals surface area contributed by atoms with Crippen molar-refractivity contribution in [2.75, 3.05) is 0 Å². The number of para-hydroxylation sites is 4. The zero-order valence-corrected chi connectivity index (χ0v) is 22.0. The normalized spacial score (nSPS) is 18.6. The highest BCUT2D eigenvalue weighted by Gasteiger charge is 2.20. The lowest BCUT2D eigenvalue weighted by atomic mass is 10.1. The molecule has 0 saturated carbocycles. The lowest BCUT2D eigenvalue weighted by Crippen LogP contribution is -2.05. The molecule has 5 heteroatoms. The van der Waals surface area contributed by atoms with Gasteiger partial charge in [-0.2, -0.15) is 0 Å². The van der Waals surface area contributed by atoms with Gasteiger partial charge in [-0.05, 0) is 36.3 Å². The molecule has 0 bridgehead atoms. The van der Waals surface area contributed by atoms with E-state index in [1.54, 1.807) is 0 Å². The summed E-state index contributed by atoms with van der Waals surface area (Å²) >= 11 is 0. The van der Waals surface area contributed by atoms with E-state index in [2.05, 4.69) is 15.0 Å². The molecule has 0 unspecified atom stereocenters. The first-order valence-corrected chi connectivity index (χ1v) is 12.9. The smallest absolute Gasteiger partial charge is 0.235 e. The van der Waals surface area contributed by atoms with Gasteiger partial charge in [0.2, 0.25) is 5.95 Å². The Balaban J connectivity index is 1.59. The van der Waals surface area contributed by atoms with Crippen molar-refractivity contribution in [2.24, 2.45) is 0 Å². The highest BCUT2D eigenvalue weighted by atomic mass is 15.2. The second-order valence-corrected chi connectivity index (χ2v) is 9.30. The Labute approximate surface area is 284 Å². The second-order valence-electron chi connectivity index (χ2n) is 9.30. The SMILES string of the molecule is [2H]c1c(-c2c([2H])c([2H])c([2H])c([2H])c2[2H])nc(-n2c3c([2H])c([2H])c([2H])c([2H])c3c3c([2H])c([2H])c([2H])c([2H])c32)nc1-c1c([2H])c([2H])c([2H])c([2H])c1-n1c2ccncc2c2c([2H])c([2H])c([2H])c([2H])c21. The first kappa shape index (κ1) is 11.2. The molecule has 0 radical (unpaired) electrons. The summed E-state index contributed by atoms with van der Waals surface area (Å²) in [5, 5.41) is -0.850. The van der Waals surface area contributed by atoms with Gasteiger partial charge in [0.05, 0.1) is 69.3 Å². The molecule has 0 spiro atoms. The topological polar surface area (TPSA) is 48.5 Å². The van der Waals surface area contributed by atoms with E-state index >= 15 is 0 Å². The van der Waals surface area contributed by atoms with Crippen LogP contribution in [0.25, 0.3) is 77.8 Å². The Morgan fingerprint density at radius 3 is 1.80 bits per heavy atom. The third-order valence-corrected chi connectivity index (χ3v) is 6.96. The zero-order chi connectivity index (χ0) is 48.2. The number of pyridine rings is 1. The molecule has 5 aromatic carbocycles. The van der Waals surface area contributed by atoms with Gasteiger partial charge in [-0.25, -0.2) is 9.97 Å². The van der Waals surface area contributed by atoms with Crippen LogP contribution in [0.2, 0.25) is 0 Å². The van der Waals surface area contributed by atoms with E-state index in [-0.39, 0.29) is 21.8 Å². The zero-order valence-electron chi connectivity index (χ0n) is 44.0. The third-order valence-electron chi connectivity index (χ3n) is 6.96. The summed E-state index contributed by atoms with van der Waals surface area (Å²) in [5.41, 5.74) is -4.86. The summed E-state index contributed by atoms with van der Waals surface area (Å²) in [5.74, 6) is -0.815. The molecule has 0 saturated heterocycles. The first-order chi connectivity index (χ1) is 31.0. The minimum Gasteiger partial charge on any atom is -0.308 e. The molecular formula is C39H25N5. The Morgan fingerprint density at radius 2 is 1.07 bits per heavy atom. The van der Waals surface area contributed by atoms with Crippen LogP contribution in [0.1, 0.15) is 30.2 Å². The molecule has 4 heterocycles. The number of fused-ring (bicyclic) bond motifs is 6. The van der Waals surface area contributed by atoms with Crippen LogP contribution in [0, 0.1) is 0 Å². The van der Waals surface area contributed by atoms with Gasteiger partial charge >= 0.3 is 0 Å². The minimum atomic E-state index is -0.933. The molecular weight excluding hydrogens is 538 g/mol. The standard InChI is InChI=1S/C39H25N5/c1-2-12-26(13-3-1)32-24-33(42-39(41-32)44-35-19-9-4-14-27(35)28-15-5-10-20-36(28)44)30-17-7-11-21-37(30)43-34-18-8-6-16-29(34)31-25-40-23-22-38(31)43/h1-25H/i1D,2D,3D,4D,5D,6D,7D,8D,9D,10D,11D,12D,13D,14D,15D,16D,17D,18D,19D,20D,21D,24D. The Kier molecular flexibility index (Phi) is 2.48. The molecule has 0 fully saturated rings. The van der Waals surface area contributed by atoms with E-state index in [1.165, 1.54) is 18.5 Å². The lowest BCUT2D eigenvalue weighted by molar-refractivity contribution is 0.994. The second kappa shape index (κ2) is 9.75. The Morgan fingerprint density at radius 1 is 0.500 bits per heavy atom. The number of rotatable bonds is 4. The highest BCUT2D eigenvalue weighted by Crippen LogP contribution is 2.37. The molecule has 0 N–H and O–H groups in total. The molecule has 4 aromatic heterocycles. The van der Waals surface area contributed by atoms with Crippen LogP contribution in [-0.2, 0) is 0 Å². The van der Waals surface area contributed by atoms with E-state index in [9.17, 15) is 4.11 Å². The summed E-state index contributed by atoms with van der Waals surface area (Å²) in [4.78, 5) is 13.2. The van der Waals surface area contributed by atoms with Gasteiger partial charge in [0.15, 0.2) is 0 Å². The number of hydrogen-bond acceptors (Lipinski definition) is 3. The maximum Gasteiger partial charge on any atom is 0.235 e. The molecule has 206 valence electrons. The van der Waals surface area contributed by atoms with Crippen molar-refractivity contribution in [1.82, 2.24) is 24.1 Å².